The Morgan fingerprint density at radius 1 is 1.04 bits per heavy atom. The predicted octanol–water partition coefficient (Wildman–Crippen LogP) is 3.96. The summed E-state index contributed by atoms with van der Waals surface area (Å²) in [5.74, 6) is 1.05. The highest BCUT2D eigenvalue weighted by Gasteiger charge is 2.25. The molecule has 4 rings (SSSR count). The number of nitrogens with one attached hydrogen (secondary N) is 2. The number of anilines is 1. The first-order chi connectivity index (χ1) is 13.2. The minimum atomic E-state index is -0.143. The van der Waals surface area contributed by atoms with E-state index in [4.69, 9.17) is 0 Å². The van der Waals surface area contributed by atoms with E-state index < -0.39 is 0 Å². The SMILES string of the molecule is Cc1cccc(CNc2cc(C(=O)NC3CC3)nc(-c3ccccc3)n2)c1. The number of carbonyl (C=O) groups excluding carboxylic acids is 1. The first-order valence-corrected chi connectivity index (χ1v) is 9.22. The smallest absolute Gasteiger partial charge is 0.270 e. The van der Waals surface area contributed by atoms with Crippen LogP contribution in [0.3, 0.4) is 0 Å². The number of rotatable bonds is 6. The van der Waals surface area contributed by atoms with E-state index in [1.54, 1.807) is 6.07 Å². The van der Waals surface area contributed by atoms with Gasteiger partial charge in [-0.25, -0.2) is 9.97 Å². The van der Waals surface area contributed by atoms with Crippen LogP contribution in [0.2, 0.25) is 0 Å². The zero-order valence-corrected chi connectivity index (χ0v) is 15.3. The monoisotopic (exact) mass is 358 g/mol. The predicted molar refractivity (Wildman–Crippen MR) is 106 cm³/mol. The Morgan fingerprint density at radius 2 is 1.85 bits per heavy atom. The van der Waals surface area contributed by atoms with E-state index in [0.717, 1.165) is 18.4 Å². The van der Waals surface area contributed by atoms with Gasteiger partial charge >= 0.3 is 0 Å². The summed E-state index contributed by atoms with van der Waals surface area (Å²) < 4.78 is 0. The summed E-state index contributed by atoms with van der Waals surface area (Å²) in [6.45, 7) is 2.71. The summed E-state index contributed by atoms with van der Waals surface area (Å²) in [7, 11) is 0. The number of benzene rings is 2. The van der Waals surface area contributed by atoms with E-state index in [9.17, 15) is 4.79 Å². The third-order valence-electron chi connectivity index (χ3n) is 4.46. The Balaban J connectivity index is 1.61. The van der Waals surface area contributed by atoms with Gasteiger partial charge in [-0.05, 0) is 25.3 Å². The number of hydrogen-bond donors (Lipinski definition) is 2. The average Bonchev–Trinajstić information content (AvgIpc) is 3.51. The number of aromatic nitrogens is 2. The van der Waals surface area contributed by atoms with Gasteiger partial charge in [0.05, 0.1) is 0 Å². The zero-order valence-electron chi connectivity index (χ0n) is 15.3. The van der Waals surface area contributed by atoms with Gasteiger partial charge in [-0.2, -0.15) is 0 Å². The molecule has 27 heavy (non-hydrogen) atoms. The van der Waals surface area contributed by atoms with Crippen LogP contribution in [0.15, 0.2) is 60.7 Å². The molecule has 1 aromatic heterocycles. The molecule has 0 saturated heterocycles. The van der Waals surface area contributed by atoms with E-state index >= 15 is 0 Å². The Hall–Kier alpha value is -3.21. The third kappa shape index (κ3) is 4.50. The highest BCUT2D eigenvalue weighted by Crippen LogP contribution is 2.21. The van der Waals surface area contributed by atoms with Gasteiger partial charge in [0.25, 0.3) is 5.91 Å². The molecule has 2 aromatic carbocycles. The van der Waals surface area contributed by atoms with Crippen LogP contribution in [0.4, 0.5) is 5.82 Å². The largest absolute Gasteiger partial charge is 0.366 e. The van der Waals surface area contributed by atoms with Crippen molar-refractivity contribution in [3.63, 3.8) is 0 Å². The van der Waals surface area contributed by atoms with Crippen LogP contribution in [0.5, 0.6) is 0 Å². The molecule has 1 fully saturated rings. The molecule has 0 spiro atoms. The summed E-state index contributed by atoms with van der Waals surface area (Å²) in [5, 5.41) is 6.33. The van der Waals surface area contributed by atoms with E-state index in [0.29, 0.717) is 23.9 Å². The van der Waals surface area contributed by atoms with Gasteiger partial charge in [0.1, 0.15) is 11.5 Å². The van der Waals surface area contributed by atoms with Gasteiger partial charge in [-0.1, -0.05) is 60.2 Å². The Bertz CT molecular complexity index is 952. The maximum absolute atomic E-state index is 12.5. The fraction of sp³-hybridized carbons (Fsp3) is 0.227. The molecule has 1 aliphatic carbocycles. The topological polar surface area (TPSA) is 66.9 Å². The van der Waals surface area contributed by atoms with Gasteiger partial charge in [0.15, 0.2) is 5.82 Å². The minimum absolute atomic E-state index is 0.143. The van der Waals surface area contributed by atoms with Crippen LogP contribution < -0.4 is 10.6 Å². The number of amides is 1. The fourth-order valence-electron chi connectivity index (χ4n) is 2.87. The van der Waals surface area contributed by atoms with Crippen molar-refractivity contribution in [2.45, 2.75) is 32.4 Å². The average molecular weight is 358 g/mol. The second kappa shape index (κ2) is 7.58. The molecule has 136 valence electrons. The van der Waals surface area contributed by atoms with Gasteiger partial charge in [0.2, 0.25) is 0 Å². The van der Waals surface area contributed by atoms with Crippen LogP contribution in [0.25, 0.3) is 11.4 Å². The molecule has 1 saturated carbocycles. The second-order valence-corrected chi connectivity index (χ2v) is 6.92. The summed E-state index contributed by atoms with van der Waals surface area (Å²) in [4.78, 5) is 21.6. The Morgan fingerprint density at radius 3 is 2.59 bits per heavy atom. The quantitative estimate of drug-likeness (QED) is 0.700. The van der Waals surface area contributed by atoms with Crippen LogP contribution in [-0.4, -0.2) is 21.9 Å². The van der Waals surface area contributed by atoms with Crippen molar-refractivity contribution in [1.29, 1.82) is 0 Å². The Labute approximate surface area is 158 Å². The van der Waals surface area contributed by atoms with E-state index in [2.05, 4.69) is 45.7 Å². The Kier molecular flexibility index (Phi) is 4.83. The number of hydrogen-bond acceptors (Lipinski definition) is 4. The van der Waals surface area contributed by atoms with Crippen LogP contribution in [0, 0.1) is 6.92 Å². The molecule has 0 radical (unpaired) electrons. The number of carbonyl (C=O) groups is 1. The molecule has 0 aliphatic heterocycles. The van der Waals surface area contributed by atoms with E-state index in [-0.39, 0.29) is 11.9 Å². The van der Waals surface area contributed by atoms with Crippen molar-refractivity contribution in [2.75, 3.05) is 5.32 Å². The van der Waals surface area contributed by atoms with E-state index in [1.165, 1.54) is 11.1 Å². The fourth-order valence-corrected chi connectivity index (χ4v) is 2.87. The van der Waals surface area contributed by atoms with Crippen LogP contribution in [-0.2, 0) is 6.54 Å². The first-order valence-electron chi connectivity index (χ1n) is 9.22. The van der Waals surface area contributed by atoms with Gasteiger partial charge in [-0.3, -0.25) is 4.79 Å². The van der Waals surface area contributed by atoms with Crippen LogP contribution in [0.1, 0.15) is 34.5 Å². The van der Waals surface area contributed by atoms with Crippen LogP contribution >= 0.6 is 0 Å². The summed E-state index contributed by atoms with van der Waals surface area (Å²) >= 11 is 0. The molecule has 1 amide bonds. The lowest BCUT2D eigenvalue weighted by atomic mass is 10.1. The minimum Gasteiger partial charge on any atom is -0.366 e. The first kappa shape index (κ1) is 17.2. The highest BCUT2D eigenvalue weighted by atomic mass is 16.2. The molecular formula is C22H22N4O. The zero-order chi connectivity index (χ0) is 18.6. The molecule has 3 aromatic rings. The molecule has 0 atom stereocenters. The van der Waals surface area contributed by atoms with Crippen molar-refractivity contribution in [2.24, 2.45) is 0 Å². The molecule has 0 bridgehead atoms. The number of aryl methyl sites for hydroxylation is 1. The number of nitrogens with zero attached hydrogens (tertiary/aromatic N) is 2. The third-order valence-corrected chi connectivity index (χ3v) is 4.46. The normalized spacial score (nSPS) is 13.2. The molecule has 1 heterocycles. The van der Waals surface area contributed by atoms with Gasteiger partial charge in [0, 0.05) is 24.2 Å². The summed E-state index contributed by atoms with van der Waals surface area (Å²) in [6, 6.07) is 20.0. The lowest BCUT2D eigenvalue weighted by molar-refractivity contribution is 0.0946. The van der Waals surface area contributed by atoms with Crippen molar-refractivity contribution in [3.8, 4) is 11.4 Å². The molecule has 1 aliphatic rings. The van der Waals surface area contributed by atoms with Crippen molar-refractivity contribution in [3.05, 3.63) is 77.5 Å². The lowest BCUT2D eigenvalue weighted by Crippen LogP contribution is -2.26. The van der Waals surface area contributed by atoms with Crippen molar-refractivity contribution >= 4 is 11.7 Å². The molecule has 0 unspecified atom stereocenters. The second-order valence-electron chi connectivity index (χ2n) is 6.92. The van der Waals surface area contributed by atoms with Crippen molar-refractivity contribution in [1.82, 2.24) is 15.3 Å². The summed E-state index contributed by atoms with van der Waals surface area (Å²) in [5.41, 5.74) is 3.66. The van der Waals surface area contributed by atoms with E-state index in [1.807, 2.05) is 36.4 Å². The lowest BCUT2D eigenvalue weighted by Gasteiger charge is -2.11. The van der Waals surface area contributed by atoms with Gasteiger partial charge in [-0.15, -0.1) is 0 Å². The van der Waals surface area contributed by atoms with Crippen molar-refractivity contribution < 1.29 is 4.79 Å². The standard InChI is InChI=1S/C22H22N4O/c1-15-6-5-7-16(12-15)14-23-20-13-19(22(27)24-18-10-11-18)25-21(26-20)17-8-3-2-4-9-17/h2-9,12-13,18H,10-11,14H2,1H3,(H,24,27)(H,23,25,26). The molecule has 2 N–H and O–H groups in total. The summed E-state index contributed by atoms with van der Waals surface area (Å²) in [6.07, 6.45) is 2.08. The molecule has 5 nitrogen and oxygen atoms in total. The highest BCUT2D eigenvalue weighted by molar-refractivity contribution is 5.93. The maximum Gasteiger partial charge on any atom is 0.270 e. The van der Waals surface area contributed by atoms with Gasteiger partial charge < -0.3 is 10.6 Å². The maximum atomic E-state index is 12.5. The molecule has 5 heteroatoms. The molecular weight excluding hydrogens is 336 g/mol.